The Hall–Kier alpha value is -1.26. The second-order valence-electron chi connectivity index (χ2n) is 3.28. The molecule has 0 aliphatic carbocycles. The van der Waals surface area contributed by atoms with E-state index in [1.807, 2.05) is 0 Å². The van der Waals surface area contributed by atoms with Crippen molar-refractivity contribution in [2.75, 3.05) is 13.6 Å². The molecule has 1 aromatic carbocycles. The molecule has 0 fully saturated rings. The van der Waals surface area contributed by atoms with Crippen molar-refractivity contribution in [3.05, 3.63) is 23.3 Å². The van der Waals surface area contributed by atoms with Gasteiger partial charge in [0.15, 0.2) is 11.5 Å². The molecule has 0 aromatic heterocycles. The molecule has 1 unspecified atom stereocenters. The lowest BCUT2D eigenvalue weighted by Gasteiger charge is -2.12. The number of likely N-dealkylation sites (N-methyl/N-ethyl adjacent to an activating group) is 1. The fraction of sp³-hybridized carbons (Fsp3) is 0.400. The van der Waals surface area contributed by atoms with Crippen LogP contribution in [-0.4, -0.2) is 28.9 Å². The Morgan fingerprint density at radius 1 is 1.36 bits per heavy atom. The largest absolute Gasteiger partial charge is 0.504 e. The van der Waals surface area contributed by atoms with Crippen molar-refractivity contribution in [1.29, 1.82) is 0 Å². The standard InChI is InChI=1S/C10H15NO3/c1-6-3-7(9(13)5-11-2)4-8(12)10(6)14/h3-4,9,11-14H,5H2,1-2H3. The Bertz CT molecular complexity index is 302. The van der Waals surface area contributed by atoms with Crippen molar-refractivity contribution in [1.82, 2.24) is 5.32 Å². The average Bonchev–Trinajstić information content (AvgIpc) is 2.13. The zero-order valence-corrected chi connectivity index (χ0v) is 8.28. The lowest BCUT2D eigenvalue weighted by molar-refractivity contribution is 0.177. The van der Waals surface area contributed by atoms with Crippen LogP contribution in [0.25, 0.3) is 0 Å². The van der Waals surface area contributed by atoms with Gasteiger partial charge >= 0.3 is 0 Å². The number of aliphatic hydroxyl groups excluding tert-OH is 1. The lowest BCUT2D eigenvalue weighted by atomic mass is 10.1. The number of hydrogen-bond acceptors (Lipinski definition) is 4. The maximum atomic E-state index is 9.61. The number of benzene rings is 1. The van der Waals surface area contributed by atoms with Crippen LogP contribution in [0.5, 0.6) is 11.5 Å². The van der Waals surface area contributed by atoms with Gasteiger partial charge in [0.2, 0.25) is 0 Å². The molecule has 0 saturated heterocycles. The van der Waals surface area contributed by atoms with E-state index < -0.39 is 6.10 Å². The Labute approximate surface area is 82.8 Å². The average molecular weight is 197 g/mol. The molecule has 0 heterocycles. The minimum Gasteiger partial charge on any atom is -0.504 e. The van der Waals surface area contributed by atoms with Gasteiger partial charge < -0.3 is 20.6 Å². The first-order valence-electron chi connectivity index (χ1n) is 4.41. The lowest BCUT2D eigenvalue weighted by Crippen LogP contribution is -2.16. The van der Waals surface area contributed by atoms with Gasteiger partial charge in [-0.05, 0) is 37.2 Å². The van der Waals surface area contributed by atoms with Crippen LogP contribution in [0.4, 0.5) is 0 Å². The van der Waals surface area contributed by atoms with Crippen LogP contribution < -0.4 is 5.32 Å². The number of phenolic OH excluding ortho intramolecular Hbond substituents is 2. The van der Waals surface area contributed by atoms with Gasteiger partial charge in [0, 0.05) is 6.54 Å². The molecule has 4 N–H and O–H groups in total. The van der Waals surface area contributed by atoms with Crippen molar-refractivity contribution in [2.45, 2.75) is 13.0 Å². The molecule has 4 nitrogen and oxygen atoms in total. The molecule has 4 heteroatoms. The normalized spacial score (nSPS) is 12.8. The first-order valence-corrected chi connectivity index (χ1v) is 4.41. The minimum atomic E-state index is -0.676. The van der Waals surface area contributed by atoms with Crippen molar-refractivity contribution in [3.8, 4) is 11.5 Å². The number of rotatable bonds is 3. The summed E-state index contributed by atoms with van der Waals surface area (Å²) in [5, 5.41) is 31.0. The molecule has 0 amide bonds. The summed E-state index contributed by atoms with van der Waals surface area (Å²) in [6.07, 6.45) is -0.676. The van der Waals surface area contributed by atoms with Crippen LogP contribution in [0.3, 0.4) is 0 Å². The number of phenols is 2. The number of aromatic hydroxyl groups is 2. The van der Waals surface area contributed by atoms with E-state index in [0.29, 0.717) is 17.7 Å². The fourth-order valence-corrected chi connectivity index (χ4v) is 1.29. The highest BCUT2D eigenvalue weighted by molar-refractivity contribution is 5.47. The Kier molecular flexibility index (Phi) is 3.33. The maximum absolute atomic E-state index is 9.61. The Morgan fingerprint density at radius 2 is 2.00 bits per heavy atom. The third kappa shape index (κ3) is 2.16. The van der Waals surface area contributed by atoms with E-state index in [9.17, 15) is 15.3 Å². The highest BCUT2D eigenvalue weighted by Crippen LogP contribution is 2.31. The van der Waals surface area contributed by atoms with Gasteiger partial charge in [-0.2, -0.15) is 0 Å². The summed E-state index contributed by atoms with van der Waals surface area (Å²) in [5.74, 6) is -0.333. The van der Waals surface area contributed by atoms with Crippen LogP contribution in [0, 0.1) is 6.92 Å². The van der Waals surface area contributed by atoms with Crippen molar-refractivity contribution < 1.29 is 15.3 Å². The quantitative estimate of drug-likeness (QED) is 0.537. The van der Waals surface area contributed by atoms with Gasteiger partial charge in [-0.1, -0.05) is 0 Å². The van der Waals surface area contributed by atoms with E-state index >= 15 is 0 Å². The van der Waals surface area contributed by atoms with Gasteiger partial charge in [-0.3, -0.25) is 0 Å². The third-order valence-electron chi connectivity index (χ3n) is 2.08. The maximum Gasteiger partial charge on any atom is 0.160 e. The molecule has 0 aliphatic heterocycles. The number of hydrogen-bond donors (Lipinski definition) is 4. The van der Waals surface area contributed by atoms with Crippen molar-refractivity contribution in [2.24, 2.45) is 0 Å². The van der Waals surface area contributed by atoms with E-state index in [-0.39, 0.29) is 11.5 Å². The van der Waals surface area contributed by atoms with Crippen LogP contribution in [-0.2, 0) is 0 Å². The second kappa shape index (κ2) is 4.30. The monoisotopic (exact) mass is 197 g/mol. The second-order valence-corrected chi connectivity index (χ2v) is 3.28. The predicted octanol–water partition coefficient (Wildman–Crippen LogP) is 0.659. The molecule has 1 aromatic rings. The molecule has 1 rings (SSSR count). The summed E-state index contributed by atoms with van der Waals surface area (Å²) in [6.45, 7) is 2.08. The summed E-state index contributed by atoms with van der Waals surface area (Å²) >= 11 is 0. The zero-order chi connectivity index (χ0) is 10.7. The zero-order valence-electron chi connectivity index (χ0n) is 8.28. The Morgan fingerprint density at radius 3 is 2.50 bits per heavy atom. The highest BCUT2D eigenvalue weighted by Gasteiger charge is 2.11. The van der Waals surface area contributed by atoms with Crippen LogP contribution >= 0.6 is 0 Å². The minimum absolute atomic E-state index is 0.134. The summed E-state index contributed by atoms with van der Waals surface area (Å²) in [6, 6.07) is 3.02. The molecule has 78 valence electrons. The van der Waals surface area contributed by atoms with Gasteiger partial charge in [0.05, 0.1) is 6.10 Å². The van der Waals surface area contributed by atoms with Crippen LogP contribution in [0.2, 0.25) is 0 Å². The Balaban J connectivity index is 3.00. The topological polar surface area (TPSA) is 72.7 Å². The molecule has 1 atom stereocenters. The SMILES string of the molecule is CNCC(O)c1cc(C)c(O)c(O)c1. The molecular weight excluding hydrogens is 182 g/mol. The molecule has 14 heavy (non-hydrogen) atoms. The van der Waals surface area contributed by atoms with E-state index in [0.717, 1.165) is 0 Å². The third-order valence-corrected chi connectivity index (χ3v) is 2.08. The highest BCUT2D eigenvalue weighted by atomic mass is 16.3. The molecular formula is C10H15NO3. The summed E-state index contributed by atoms with van der Waals surface area (Å²) < 4.78 is 0. The van der Waals surface area contributed by atoms with Crippen molar-refractivity contribution in [3.63, 3.8) is 0 Å². The summed E-state index contributed by atoms with van der Waals surface area (Å²) in [5.41, 5.74) is 1.14. The van der Waals surface area contributed by atoms with E-state index in [2.05, 4.69) is 5.32 Å². The molecule has 0 saturated carbocycles. The van der Waals surface area contributed by atoms with Gasteiger partial charge in [-0.25, -0.2) is 0 Å². The van der Waals surface area contributed by atoms with Gasteiger partial charge in [0.25, 0.3) is 0 Å². The molecule has 0 aliphatic rings. The van der Waals surface area contributed by atoms with Crippen molar-refractivity contribution >= 4 is 0 Å². The van der Waals surface area contributed by atoms with Crippen LogP contribution in [0.15, 0.2) is 12.1 Å². The first kappa shape index (κ1) is 10.8. The fourth-order valence-electron chi connectivity index (χ4n) is 1.29. The predicted molar refractivity (Wildman–Crippen MR) is 53.4 cm³/mol. The molecule has 0 bridgehead atoms. The van der Waals surface area contributed by atoms with Gasteiger partial charge in [0.1, 0.15) is 0 Å². The van der Waals surface area contributed by atoms with Gasteiger partial charge in [-0.15, -0.1) is 0 Å². The molecule has 0 radical (unpaired) electrons. The summed E-state index contributed by atoms with van der Waals surface area (Å²) in [4.78, 5) is 0. The number of aliphatic hydroxyl groups is 1. The summed E-state index contributed by atoms with van der Waals surface area (Å²) in [7, 11) is 1.73. The number of nitrogens with one attached hydrogen (secondary N) is 1. The smallest absolute Gasteiger partial charge is 0.160 e. The van der Waals surface area contributed by atoms with E-state index in [1.165, 1.54) is 6.07 Å². The molecule has 0 spiro atoms. The van der Waals surface area contributed by atoms with E-state index in [1.54, 1.807) is 20.0 Å². The van der Waals surface area contributed by atoms with E-state index in [4.69, 9.17) is 0 Å². The van der Waals surface area contributed by atoms with Crippen LogP contribution in [0.1, 0.15) is 17.2 Å². The number of aryl methyl sites for hydroxylation is 1. The first-order chi connectivity index (χ1) is 6.56.